The van der Waals surface area contributed by atoms with Crippen LogP contribution in [-0.2, 0) is 0 Å². The molecule has 2 saturated heterocycles. The molecule has 116 valence electrons. The third-order valence-corrected chi connectivity index (χ3v) is 5.54. The van der Waals surface area contributed by atoms with Crippen LogP contribution in [0.3, 0.4) is 0 Å². The van der Waals surface area contributed by atoms with Crippen molar-refractivity contribution < 1.29 is 9.53 Å². The molecule has 1 aromatic heterocycles. The molecule has 2 bridgehead atoms. The zero-order valence-electron chi connectivity index (χ0n) is 12.8. The van der Waals surface area contributed by atoms with Crippen molar-refractivity contribution in [3.63, 3.8) is 0 Å². The zero-order valence-corrected chi connectivity index (χ0v) is 13.6. The lowest BCUT2D eigenvalue weighted by Crippen LogP contribution is -2.47. The number of likely N-dealkylation sites (tertiary alicyclic amines) is 2. The second kappa shape index (κ2) is 5.21. The van der Waals surface area contributed by atoms with Crippen LogP contribution >= 0.6 is 11.5 Å². The first-order valence-corrected chi connectivity index (χ1v) is 8.48. The number of carbonyl (C=O) groups is 1. The van der Waals surface area contributed by atoms with Gasteiger partial charge in [-0.3, -0.25) is 9.69 Å². The number of rotatable bonds is 3. The molecule has 0 N–H and O–H groups in total. The molecule has 2 fully saturated rings. The highest BCUT2D eigenvalue weighted by Crippen LogP contribution is 2.33. The first kappa shape index (κ1) is 14.0. The van der Waals surface area contributed by atoms with Crippen LogP contribution in [0, 0.1) is 0 Å². The largest absolute Gasteiger partial charge is 0.494 e. The van der Waals surface area contributed by atoms with E-state index in [9.17, 15) is 4.79 Å². The Labute approximate surface area is 133 Å². The molecule has 0 radical (unpaired) electrons. The Kier molecular flexibility index (Phi) is 3.31. The van der Waals surface area contributed by atoms with Crippen molar-refractivity contribution >= 4 is 27.5 Å². The van der Waals surface area contributed by atoms with Crippen molar-refractivity contribution in [1.82, 2.24) is 14.2 Å². The van der Waals surface area contributed by atoms with Crippen molar-refractivity contribution in [2.24, 2.45) is 0 Å². The summed E-state index contributed by atoms with van der Waals surface area (Å²) in [6, 6.07) is 6.71. The molecule has 1 aromatic carbocycles. The maximum Gasteiger partial charge on any atom is 0.274 e. The quantitative estimate of drug-likeness (QED) is 0.871. The first-order chi connectivity index (χ1) is 10.7. The van der Waals surface area contributed by atoms with Crippen LogP contribution in [-0.4, -0.2) is 58.9 Å². The Morgan fingerprint density at radius 1 is 1.41 bits per heavy atom. The molecule has 2 atom stereocenters. The van der Waals surface area contributed by atoms with Crippen LogP contribution in [0.1, 0.15) is 23.8 Å². The lowest BCUT2D eigenvalue weighted by molar-refractivity contribution is 0.0648. The fraction of sp³-hybridized carbons (Fsp3) is 0.500. The van der Waals surface area contributed by atoms with Gasteiger partial charge in [-0.1, -0.05) is 0 Å². The van der Waals surface area contributed by atoms with Crippen LogP contribution in [0.25, 0.3) is 10.1 Å². The molecule has 4 rings (SSSR count). The standard InChI is InChI=1S/C16H19N3O2S/c1-3-21-12-4-5-13-14(7-12)22-17-15(13)16(20)19-9-10-6-11(19)8-18(10)2/h4-5,7,10-11H,3,6,8-9H2,1-2H3. The van der Waals surface area contributed by atoms with E-state index in [1.165, 1.54) is 11.5 Å². The molecule has 2 aliphatic heterocycles. The minimum Gasteiger partial charge on any atom is -0.494 e. The van der Waals surface area contributed by atoms with Gasteiger partial charge in [0.1, 0.15) is 11.4 Å². The number of piperazine rings is 1. The molecule has 6 heteroatoms. The summed E-state index contributed by atoms with van der Waals surface area (Å²) in [5.74, 6) is 0.913. The summed E-state index contributed by atoms with van der Waals surface area (Å²) in [6.07, 6.45) is 1.10. The third kappa shape index (κ3) is 2.09. The molecule has 3 heterocycles. The summed E-state index contributed by atoms with van der Waals surface area (Å²) < 4.78 is 10.9. The summed E-state index contributed by atoms with van der Waals surface area (Å²) >= 11 is 1.37. The van der Waals surface area contributed by atoms with Crippen molar-refractivity contribution in [2.75, 3.05) is 26.7 Å². The van der Waals surface area contributed by atoms with E-state index in [0.717, 1.165) is 35.3 Å². The van der Waals surface area contributed by atoms with Crippen molar-refractivity contribution in [1.29, 1.82) is 0 Å². The molecule has 2 aliphatic rings. The fourth-order valence-electron chi connectivity index (χ4n) is 3.58. The third-order valence-electron chi connectivity index (χ3n) is 4.73. The van der Waals surface area contributed by atoms with Crippen LogP contribution in [0.2, 0.25) is 0 Å². The highest BCUT2D eigenvalue weighted by molar-refractivity contribution is 7.13. The summed E-state index contributed by atoms with van der Waals surface area (Å²) in [5, 5.41) is 0.939. The minimum absolute atomic E-state index is 0.0796. The molecule has 2 aromatic rings. The Morgan fingerprint density at radius 2 is 2.27 bits per heavy atom. The normalized spacial score (nSPS) is 24.4. The van der Waals surface area contributed by atoms with Crippen LogP contribution in [0.15, 0.2) is 18.2 Å². The molecule has 1 amide bonds. The number of carbonyl (C=O) groups excluding carboxylic acids is 1. The Balaban J connectivity index is 1.63. The van der Waals surface area contributed by atoms with Crippen LogP contribution < -0.4 is 4.74 Å². The predicted molar refractivity (Wildman–Crippen MR) is 86.6 cm³/mol. The molecule has 5 nitrogen and oxygen atoms in total. The molecule has 0 spiro atoms. The van der Waals surface area contributed by atoms with Crippen LogP contribution in [0.4, 0.5) is 0 Å². The summed E-state index contributed by atoms with van der Waals surface area (Å²) in [5.41, 5.74) is 0.596. The predicted octanol–water partition coefficient (Wildman–Crippen LogP) is 2.22. The first-order valence-electron chi connectivity index (χ1n) is 7.71. The van der Waals surface area contributed by atoms with E-state index >= 15 is 0 Å². The SMILES string of the molecule is CCOc1ccc2c(C(=O)N3CC4CC3CN4C)nsc2c1. The number of nitrogens with zero attached hydrogens (tertiary/aromatic N) is 3. The van der Waals surface area contributed by atoms with E-state index in [-0.39, 0.29) is 5.91 Å². The van der Waals surface area contributed by atoms with E-state index in [2.05, 4.69) is 16.3 Å². The minimum atomic E-state index is 0.0796. The lowest BCUT2D eigenvalue weighted by atomic mass is 10.2. The second-order valence-electron chi connectivity index (χ2n) is 6.06. The van der Waals surface area contributed by atoms with Crippen molar-refractivity contribution in [3.05, 3.63) is 23.9 Å². The number of benzene rings is 1. The van der Waals surface area contributed by atoms with Gasteiger partial charge in [0, 0.05) is 30.6 Å². The average Bonchev–Trinajstić information content (AvgIpc) is 3.19. The Morgan fingerprint density at radius 3 is 2.95 bits per heavy atom. The molecule has 0 aliphatic carbocycles. The van der Waals surface area contributed by atoms with Crippen LogP contribution in [0.5, 0.6) is 5.75 Å². The number of fused-ring (bicyclic) bond motifs is 3. The number of likely N-dealkylation sites (N-methyl/N-ethyl adjacent to an activating group) is 1. The maximum atomic E-state index is 12.8. The van der Waals surface area contributed by atoms with Gasteiger partial charge in [0.15, 0.2) is 0 Å². The van der Waals surface area contributed by atoms with Gasteiger partial charge in [-0.25, -0.2) is 0 Å². The molecular formula is C16H19N3O2S. The van der Waals surface area contributed by atoms with Gasteiger partial charge in [0.25, 0.3) is 5.91 Å². The fourth-order valence-corrected chi connectivity index (χ4v) is 4.38. The molecule has 0 saturated carbocycles. The number of aromatic nitrogens is 1. The van der Waals surface area contributed by atoms with Gasteiger partial charge in [0.2, 0.25) is 0 Å². The van der Waals surface area contributed by atoms with Gasteiger partial charge in [-0.15, -0.1) is 0 Å². The lowest BCUT2D eigenvalue weighted by Gasteiger charge is -2.31. The van der Waals surface area contributed by atoms with Crippen molar-refractivity contribution in [3.8, 4) is 5.75 Å². The van der Waals surface area contributed by atoms with E-state index in [4.69, 9.17) is 4.74 Å². The number of amides is 1. The Bertz CT molecular complexity index is 727. The highest BCUT2D eigenvalue weighted by atomic mass is 32.1. The van der Waals surface area contributed by atoms with Gasteiger partial charge in [0.05, 0.1) is 11.3 Å². The number of ether oxygens (including phenoxy) is 1. The van der Waals surface area contributed by atoms with Gasteiger partial charge in [-0.05, 0) is 50.1 Å². The smallest absolute Gasteiger partial charge is 0.274 e. The van der Waals surface area contributed by atoms with Gasteiger partial charge >= 0.3 is 0 Å². The van der Waals surface area contributed by atoms with E-state index in [1.54, 1.807) is 0 Å². The number of hydrogen-bond acceptors (Lipinski definition) is 5. The molecule has 2 unspecified atom stereocenters. The summed E-state index contributed by atoms with van der Waals surface area (Å²) in [6.45, 7) is 4.41. The summed E-state index contributed by atoms with van der Waals surface area (Å²) in [4.78, 5) is 17.2. The highest BCUT2D eigenvalue weighted by Gasteiger charge is 2.44. The van der Waals surface area contributed by atoms with E-state index in [0.29, 0.717) is 24.4 Å². The summed E-state index contributed by atoms with van der Waals surface area (Å²) in [7, 11) is 2.14. The van der Waals surface area contributed by atoms with E-state index < -0.39 is 0 Å². The zero-order chi connectivity index (χ0) is 15.3. The second-order valence-corrected chi connectivity index (χ2v) is 6.87. The van der Waals surface area contributed by atoms with Crippen molar-refractivity contribution in [2.45, 2.75) is 25.4 Å². The molecular weight excluding hydrogens is 298 g/mol. The van der Waals surface area contributed by atoms with Gasteiger partial charge in [-0.2, -0.15) is 4.37 Å². The number of hydrogen-bond donors (Lipinski definition) is 0. The monoisotopic (exact) mass is 317 g/mol. The maximum absolute atomic E-state index is 12.8. The molecule has 22 heavy (non-hydrogen) atoms. The Hall–Kier alpha value is -1.66. The van der Waals surface area contributed by atoms with Gasteiger partial charge < -0.3 is 9.64 Å². The van der Waals surface area contributed by atoms with E-state index in [1.807, 2.05) is 30.0 Å². The average molecular weight is 317 g/mol. The topological polar surface area (TPSA) is 45.7 Å².